The van der Waals surface area contributed by atoms with Gasteiger partial charge in [0.05, 0.1) is 5.52 Å². The van der Waals surface area contributed by atoms with E-state index in [1.807, 2.05) is 31.3 Å². The summed E-state index contributed by atoms with van der Waals surface area (Å²) in [4.78, 5) is 12.1. The van der Waals surface area contributed by atoms with Crippen LogP contribution < -0.4 is 11.1 Å². The highest BCUT2D eigenvalue weighted by molar-refractivity contribution is 6.04. The van der Waals surface area contributed by atoms with Crippen molar-refractivity contribution in [1.29, 1.82) is 0 Å². The Morgan fingerprint density at radius 3 is 2.95 bits per heavy atom. The first-order valence-electron chi connectivity index (χ1n) is 6.80. The number of benzene rings is 1. The number of fused-ring (bicyclic) bond motifs is 1. The Morgan fingerprint density at radius 1 is 1.43 bits per heavy atom. The minimum Gasteiger partial charge on any atom is -0.409 e. The molecule has 0 aliphatic heterocycles. The highest BCUT2D eigenvalue weighted by Gasteiger charge is 2.14. The second-order valence-corrected chi connectivity index (χ2v) is 4.79. The van der Waals surface area contributed by atoms with Crippen LogP contribution in [0, 0.1) is 0 Å². The van der Waals surface area contributed by atoms with E-state index in [1.54, 1.807) is 4.68 Å². The van der Waals surface area contributed by atoms with Crippen LogP contribution in [-0.2, 0) is 7.05 Å². The molecule has 1 amide bonds. The number of unbranched alkanes of at least 4 members (excludes halogenated alkanes) is 1. The predicted octanol–water partition coefficient (Wildman–Crippen LogP) is 1.22. The van der Waals surface area contributed by atoms with Gasteiger partial charge in [-0.15, -0.1) is 0 Å². The van der Waals surface area contributed by atoms with Gasteiger partial charge >= 0.3 is 0 Å². The molecule has 0 radical (unpaired) electrons. The first kappa shape index (κ1) is 14.8. The highest BCUT2D eigenvalue weighted by Crippen LogP contribution is 2.17. The minimum atomic E-state index is -0.185. The molecule has 7 heteroatoms. The maximum atomic E-state index is 12.1. The molecule has 7 nitrogen and oxygen atoms in total. The minimum absolute atomic E-state index is 0.185. The van der Waals surface area contributed by atoms with Crippen LogP contribution in [0.1, 0.15) is 29.8 Å². The predicted molar refractivity (Wildman–Crippen MR) is 80.3 cm³/mol. The number of nitrogens with zero attached hydrogens (tertiary/aromatic N) is 3. The van der Waals surface area contributed by atoms with E-state index >= 15 is 0 Å². The van der Waals surface area contributed by atoms with Crippen molar-refractivity contribution in [3.63, 3.8) is 0 Å². The van der Waals surface area contributed by atoms with Gasteiger partial charge in [-0.2, -0.15) is 5.10 Å². The third-order valence-electron chi connectivity index (χ3n) is 3.25. The summed E-state index contributed by atoms with van der Waals surface area (Å²) in [7, 11) is 1.82. The van der Waals surface area contributed by atoms with Gasteiger partial charge < -0.3 is 16.3 Å². The van der Waals surface area contributed by atoms with E-state index in [2.05, 4.69) is 15.6 Å². The SMILES string of the molecule is Cn1nc(C(=O)NCCCC/C(N)=N/O)c2ccccc21. The zero-order valence-corrected chi connectivity index (χ0v) is 11.9. The van der Waals surface area contributed by atoms with E-state index in [1.165, 1.54) is 0 Å². The summed E-state index contributed by atoms with van der Waals surface area (Å²) in [6, 6.07) is 7.61. The first-order valence-corrected chi connectivity index (χ1v) is 6.80. The number of hydrogen-bond acceptors (Lipinski definition) is 4. The molecule has 1 heterocycles. The van der Waals surface area contributed by atoms with Crippen LogP contribution in [0.2, 0.25) is 0 Å². The van der Waals surface area contributed by atoms with Crippen LogP contribution in [0.25, 0.3) is 10.9 Å². The van der Waals surface area contributed by atoms with Crippen molar-refractivity contribution in [2.75, 3.05) is 6.54 Å². The zero-order chi connectivity index (χ0) is 15.2. The van der Waals surface area contributed by atoms with Crippen molar-refractivity contribution < 1.29 is 10.0 Å². The zero-order valence-electron chi connectivity index (χ0n) is 11.9. The van der Waals surface area contributed by atoms with Crippen molar-refractivity contribution in [1.82, 2.24) is 15.1 Å². The quantitative estimate of drug-likeness (QED) is 0.244. The van der Waals surface area contributed by atoms with Gasteiger partial charge in [-0.1, -0.05) is 23.4 Å². The summed E-state index contributed by atoms with van der Waals surface area (Å²) in [6.45, 7) is 0.530. The van der Waals surface area contributed by atoms with Gasteiger partial charge in [0.15, 0.2) is 5.69 Å². The van der Waals surface area contributed by atoms with Gasteiger partial charge in [0.25, 0.3) is 5.91 Å². The van der Waals surface area contributed by atoms with Crippen LogP contribution in [0.4, 0.5) is 0 Å². The van der Waals surface area contributed by atoms with Crippen molar-refractivity contribution >= 4 is 22.6 Å². The molecular weight excluding hydrogens is 270 g/mol. The Bertz CT molecular complexity index is 662. The van der Waals surface area contributed by atoms with E-state index < -0.39 is 0 Å². The summed E-state index contributed by atoms with van der Waals surface area (Å²) >= 11 is 0. The number of para-hydroxylation sites is 1. The molecule has 0 unspecified atom stereocenters. The number of nitrogens with two attached hydrogens (primary N) is 1. The molecule has 0 atom stereocenters. The van der Waals surface area contributed by atoms with Crippen molar-refractivity contribution in [3.05, 3.63) is 30.0 Å². The van der Waals surface area contributed by atoms with E-state index in [0.717, 1.165) is 23.7 Å². The van der Waals surface area contributed by atoms with Gasteiger partial charge in [0, 0.05) is 25.4 Å². The van der Waals surface area contributed by atoms with Gasteiger partial charge in [-0.25, -0.2) is 0 Å². The van der Waals surface area contributed by atoms with Gasteiger partial charge in [0.2, 0.25) is 0 Å². The van der Waals surface area contributed by atoms with Crippen LogP contribution in [0.3, 0.4) is 0 Å². The van der Waals surface area contributed by atoms with E-state index in [0.29, 0.717) is 18.7 Å². The van der Waals surface area contributed by atoms with Gasteiger partial charge in [0.1, 0.15) is 5.84 Å². The largest absolute Gasteiger partial charge is 0.409 e. The summed E-state index contributed by atoms with van der Waals surface area (Å²) in [5.41, 5.74) is 6.73. The van der Waals surface area contributed by atoms with Crippen LogP contribution >= 0.6 is 0 Å². The summed E-state index contributed by atoms with van der Waals surface area (Å²) in [5.74, 6) is 0.0210. The second-order valence-electron chi connectivity index (χ2n) is 4.79. The molecule has 2 aromatic rings. The lowest BCUT2D eigenvalue weighted by atomic mass is 10.2. The third kappa shape index (κ3) is 3.50. The molecule has 0 saturated heterocycles. The van der Waals surface area contributed by atoms with Crippen molar-refractivity contribution in [2.24, 2.45) is 17.9 Å². The van der Waals surface area contributed by atoms with E-state index in [4.69, 9.17) is 10.9 Å². The number of carbonyl (C=O) groups is 1. The summed E-state index contributed by atoms with van der Waals surface area (Å²) in [6.07, 6.45) is 2.02. The Hall–Kier alpha value is -2.57. The third-order valence-corrected chi connectivity index (χ3v) is 3.25. The van der Waals surface area contributed by atoms with Gasteiger partial charge in [-0.3, -0.25) is 9.48 Å². The monoisotopic (exact) mass is 289 g/mol. The standard InChI is InChI=1S/C14H19N5O2/c1-19-11-7-3-2-6-10(11)13(17-19)14(20)16-9-5-4-8-12(15)18-21/h2-3,6-7,21H,4-5,8-9H2,1H3,(H2,15,18)(H,16,20). The van der Waals surface area contributed by atoms with Gasteiger partial charge in [-0.05, 0) is 18.9 Å². The molecule has 0 aliphatic carbocycles. The fourth-order valence-electron chi connectivity index (χ4n) is 2.15. The molecular formula is C14H19N5O2. The normalized spacial score (nSPS) is 11.8. The van der Waals surface area contributed by atoms with Crippen LogP contribution in [-0.4, -0.2) is 33.3 Å². The summed E-state index contributed by atoms with van der Waals surface area (Å²) < 4.78 is 1.70. The molecule has 0 spiro atoms. The number of aryl methyl sites for hydroxylation is 1. The first-order chi connectivity index (χ1) is 10.1. The van der Waals surface area contributed by atoms with Crippen LogP contribution in [0.5, 0.6) is 0 Å². The second kappa shape index (κ2) is 6.74. The number of amides is 1. The number of oxime groups is 1. The number of nitrogens with one attached hydrogen (secondary N) is 1. The van der Waals surface area contributed by atoms with E-state index in [-0.39, 0.29) is 11.7 Å². The highest BCUT2D eigenvalue weighted by atomic mass is 16.4. The lowest BCUT2D eigenvalue weighted by Crippen LogP contribution is -2.25. The molecule has 2 rings (SSSR count). The molecule has 112 valence electrons. The number of amidine groups is 1. The molecule has 1 aromatic carbocycles. The molecule has 0 saturated carbocycles. The van der Waals surface area contributed by atoms with E-state index in [9.17, 15) is 4.79 Å². The molecule has 1 aromatic heterocycles. The van der Waals surface area contributed by atoms with Crippen molar-refractivity contribution in [2.45, 2.75) is 19.3 Å². The Labute approximate surface area is 122 Å². The lowest BCUT2D eigenvalue weighted by Gasteiger charge is -2.03. The average molecular weight is 289 g/mol. The summed E-state index contributed by atoms with van der Waals surface area (Å²) in [5, 5.41) is 19.3. The molecule has 0 bridgehead atoms. The van der Waals surface area contributed by atoms with Crippen molar-refractivity contribution in [3.8, 4) is 0 Å². The number of aromatic nitrogens is 2. The topological polar surface area (TPSA) is 106 Å². The molecule has 4 N–H and O–H groups in total. The van der Waals surface area contributed by atoms with Crippen LogP contribution in [0.15, 0.2) is 29.4 Å². The Morgan fingerprint density at radius 2 is 2.19 bits per heavy atom. The average Bonchev–Trinajstić information content (AvgIpc) is 2.84. The fourth-order valence-corrected chi connectivity index (χ4v) is 2.15. The Kier molecular flexibility index (Phi) is 4.76. The number of carbonyl (C=O) groups excluding carboxylic acids is 1. The fraction of sp³-hybridized carbons (Fsp3) is 0.357. The number of rotatable bonds is 6. The number of hydrogen-bond donors (Lipinski definition) is 3. The molecule has 0 fully saturated rings. The molecule has 0 aliphatic rings. The maximum absolute atomic E-state index is 12.1. The smallest absolute Gasteiger partial charge is 0.272 e. The molecule has 21 heavy (non-hydrogen) atoms. The maximum Gasteiger partial charge on any atom is 0.272 e. The Balaban J connectivity index is 1.91. The lowest BCUT2D eigenvalue weighted by molar-refractivity contribution is 0.0949.